The minimum Gasteiger partial charge on any atom is -0.496 e. The van der Waals surface area contributed by atoms with E-state index in [1.54, 1.807) is 12.1 Å². The fourth-order valence-corrected chi connectivity index (χ4v) is 1.74. The summed E-state index contributed by atoms with van der Waals surface area (Å²) >= 11 is 0. The van der Waals surface area contributed by atoms with E-state index in [-0.39, 0.29) is 0 Å². The molecule has 1 aromatic carbocycles. The van der Waals surface area contributed by atoms with Crippen molar-refractivity contribution in [3.8, 4) is 5.75 Å². The van der Waals surface area contributed by atoms with Gasteiger partial charge in [0.05, 0.1) is 7.11 Å². The van der Waals surface area contributed by atoms with Crippen molar-refractivity contribution in [3.05, 3.63) is 29.3 Å². The number of para-hydroxylation sites is 1. The summed E-state index contributed by atoms with van der Waals surface area (Å²) in [5.41, 5.74) is -0.751. The molecule has 0 radical (unpaired) electrons. The predicted octanol–water partition coefficient (Wildman–Crippen LogP) is 3.03. The number of carbonyl (C=O) groups excluding carboxylic acids is 1. The van der Waals surface area contributed by atoms with Crippen LogP contribution in [0, 0.1) is 0 Å². The number of aldehydes is 1. The lowest BCUT2D eigenvalue weighted by molar-refractivity contribution is -0.117. The molecule has 2 nitrogen and oxygen atoms in total. The molecule has 88 valence electrons. The molecule has 0 amide bonds. The van der Waals surface area contributed by atoms with Crippen LogP contribution in [0.5, 0.6) is 5.75 Å². The van der Waals surface area contributed by atoms with E-state index in [1.807, 2.05) is 13.0 Å². The second-order valence-corrected chi connectivity index (χ2v) is 3.94. The van der Waals surface area contributed by atoms with Crippen molar-refractivity contribution < 1.29 is 13.9 Å². The predicted molar refractivity (Wildman–Crippen MR) is 61.5 cm³/mol. The highest BCUT2D eigenvalue weighted by atomic mass is 19.1. The van der Waals surface area contributed by atoms with Crippen LogP contribution < -0.4 is 4.74 Å². The van der Waals surface area contributed by atoms with E-state index in [4.69, 9.17) is 4.74 Å². The quantitative estimate of drug-likeness (QED) is 0.718. The van der Waals surface area contributed by atoms with Gasteiger partial charge in [0.15, 0.2) is 12.0 Å². The Morgan fingerprint density at radius 1 is 1.50 bits per heavy atom. The first-order valence-corrected chi connectivity index (χ1v) is 5.38. The number of methoxy groups -OCH3 is 1. The molecule has 1 unspecified atom stereocenters. The monoisotopic (exact) mass is 224 g/mol. The number of halogens is 1. The van der Waals surface area contributed by atoms with Crippen molar-refractivity contribution in [3.63, 3.8) is 0 Å². The van der Waals surface area contributed by atoms with Crippen molar-refractivity contribution >= 4 is 6.29 Å². The Labute approximate surface area is 95.4 Å². The van der Waals surface area contributed by atoms with Crippen LogP contribution in [0.4, 0.5) is 4.39 Å². The topological polar surface area (TPSA) is 26.3 Å². The van der Waals surface area contributed by atoms with Gasteiger partial charge in [-0.15, -0.1) is 0 Å². The number of benzene rings is 1. The first kappa shape index (κ1) is 12.7. The molecule has 0 N–H and O–H groups in total. The van der Waals surface area contributed by atoms with Crippen molar-refractivity contribution in [2.75, 3.05) is 7.11 Å². The molecule has 0 fully saturated rings. The first-order chi connectivity index (χ1) is 7.56. The van der Waals surface area contributed by atoms with Crippen molar-refractivity contribution in [2.45, 2.75) is 32.4 Å². The number of ether oxygens (including phenoxy) is 1. The Kier molecular flexibility index (Phi) is 4.05. The van der Waals surface area contributed by atoms with Crippen LogP contribution in [0.2, 0.25) is 0 Å². The van der Waals surface area contributed by atoms with Crippen molar-refractivity contribution in [1.82, 2.24) is 0 Å². The Balaban J connectivity index is 3.28. The summed E-state index contributed by atoms with van der Waals surface area (Å²) in [6.07, 6.45) is 2.07. The van der Waals surface area contributed by atoms with Crippen LogP contribution in [0.1, 0.15) is 31.4 Å². The van der Waals surface area contributed by atoms with Crippen LogP contribution >= 0.6 is 0 Å². The van der Waals surface area contributed by atoms with Gasteiger partial charge in [-0.1, -0.05) is 31.5 Å². The lowest BCUT2D eigenvalue weighted by Gasteiger charge is -2.19. The minimum absolute atomic E-state index is 0.302. The average Bonchev–Trinajstić information content (AvgIpc) is 2.29. The first-order valence-electron chi connectivity index (χ1n) is 5.38. The Morgan fingerprint density at radius 2 is 2.19 bits per heavy atom. The van der Waals surface area contributed by atoms with Crippen molar-refractivity contribution in [1.29, 1.82) is 0 Å². The number of aryl methyl sites for hydroxylation is 1. The Hall–Kier alpha value is -1.38. The normalized spacial score (nSPS) is 14.2. The number of alkyl halides is 1. The van der Waals surface area contributed by atoms with E-state index in [1.165, 1.54) is 14.0 Å². The van der Waals surface area contributed by atoms with E-state index in [0.717, 1.165) is 18.4 Å². The van der Waals surface area contributed by atoms with E-state index in [0.29, 0.717) is 17.6 Å². The highest BCUT2D eigenvalue weighted by molar-refractivity contribution is 5.68. The third-order valence-corrected chi connectivity index (χ3v) is 2.57. The maximum absolute atomic E-state index is 14.0. The molecule has 0 saturated heterocycles. The standard InChI is InChI=1S/C13H17FO2/c1-4-6-10-7-5-8-11(12(10)16-3)13(2,14)9-15/h5,7-9H,4,6H2,1-3H3. The largest absolute Gasteiger partial charge is 0.496 e. The molecule has 1 atom stereocenters. The number of carbonyl (C=O) groups is 1. The van der Waals surface area contributed by atoms with Crippen LogP contribution in [-0.4, -0.2) is 13.4 Å². The summed E-state index contributed by atoms with van der Waals surface area (Å²) < 4.78 is 19.2. The molecule has 1 rings (SSSR count). The van der Waals surface area contributed by atoms with Gasteiger partial charge in [0.2, 0.25) is 0 Å². The summed E-state index contributed by atoms with van der Waals surface area (Å²) in [7, 11) is 1.50. The molecule has 0 aromatic heterocycles. The molecule has 0 aliphatic carbocycles. The lowest BCUT2D eigenvalue weighted by Crippen LogP contribution is -2.18. The van der Waals surface area contributed by atoms with Gasteiger partial charge in [0.25, 0.3) is 0 Å². The van der Waals surface area contributed by atoms with Gasteiger partial charge in [0, 0.05) is 5.56 Å². The maximum atomic E-state index is 14.0. The summed E-state index contributed by atoms with van der Waals surface area (Å²) in [5.74, 6) is 0.487. The second-order valence-electron chi connectivity index (χ2n) is 3.94. The molecule has 16 heavy (non-hydrogen) atoms. The molecular weight excluding hydrogens is 207 g/mol. The molecule has 0 aliphatic heterocycles. The Bertz CT molecular complexity index is 372. The maximum Gasteiger partial charge on any atom is 0.191 e. The molecule has 0 heterocycles. The highest BCUT2D eigenvalue weighted by Crippen LogP contribution is 2.34. The lowest BCUT2D eigenvalue weighted by atomic mass is 9.94. The van der Waals surface area contributed by atoms with E-state index in [9.17, 15) is 9.18 Å². The van der Waals surface area contributed by atoms with Gasteiger partial charge in [-0.3, -0.25) is 4.79 Å². The van der Waals surface area contributed by atoms with Gasteiger partial charge in [0.1, 0.15) is 5.75 Å². The zero-order valence-electron chi connectivity index (χ0n) is 9.92. The molecule has 1 aromatic rings. The Morgan fingerprint density at radius 3 is 2.69 bits per heavy atom. The third-order valence-electron chi connectivity index (χ3n) is 2.57. The van der Waals surface area contributed by atoms with Crippen molar-refractivity contribution in [2.24, 2.45) is 0 Å². The van der Waals surface area contributed by atoms with Crippen LogP contribution in [0.15, 0.2) is 18.2 Å². The SMILES string of the molecule is CCCc1cccc(C(C)(F)C=O)c1OC. The molecular formula is C13H17FO2. The van der Waals surface area contributed by atoms with Gasteiger partial charge >= 0.3 is 0 Å². The molecule has 0 bridgehead atoms. The zero-order chi connectivity index (χ0) is 12.2. The fourth-order valence-electron chi connectivity index (χ4n) is 1.74. The molecule has 0 spiro atoms. The number of hydrogen-bond acceptors (Lipinski definition) is 2. The molecule has 3 heteroatoms. The van der Waals surface area contributed by atoms with Gasteiger partial charge in [-0.2, -0.15) is 0 Å². The summed E-state index contributed by atoms with van der Waals surface area (Å²) in [6, 6.07) is 5.24. The number of hydrogen-bond donors (Lipinski definition) is 0. The second kappa shape index (κ2) is 5.10. The van der Waals surface area contributed by atoms with Gasteiger partial charge in [-0.25, -0.2) is 4.39 Å². The smallest absolute Gasteiger partial charge is 0.191 e. The summed E-state index contributed by atoms with van der Waals surface area (Å²) in [5, 5.41) is 0. The fraction of sp³-hybridized carbons (Fsp3) is 0.462. The van der Waals surface area contributed by atoms with Crippen LogP contribution in [0.25, 0.3) is 0 Å². The van der Waals surface area contributed by atoms with E-state index >= 15 is 0 Å². The average molecular weight is 224 g/mol. The molecule has 0 saturated carbocycles. The highest BCUT2D eigenvalue weighted by Gasteiger charge is 2.29. The minimum atomic E-state index is -1.99. The number of rotatable bonds is 5. The molecule has 0 aliphatic rings. The van der Waals surface area contributed by atoms with Gasteiger partial charge in [-0.05, 0) is 18.9 Å². The summed E-state index contributed by atoms with van der Waals surface area (Å²) in [6.45, 7) is 3.29. The van der Waals surface area contributed by atoms with E-state index in [2.05, 4.69) is 0 Å². The van der Waals surface area contributed by atoms with E-state index < -0.39 is 5.67 Å². The van der Waals surface area contributed by atoms with Gasteiger partial charge < -0.3 is 4.74 Å². The van der Waals surface area contributed by atoms with Crippen LogP contribution in [0.3, 0.4) is 0 Å². The zero-order valence-corrected chi connectivity index (χ0v) is 9.92. The summed E-state index contributed by atoms with van der Waals surface area (Å²) in [4.78, 5) is 10.7. The third kappa shape index (κ3) is 2.40. The van der Waals surface area contributed by atoms with Crippen LogP contribution in [-0.2, 0) is 16.9 Å².